The molecule has 0 atom stereocenters. The van der Waals surface area contributed by atoms with Crippen LogP contribution in [0.25, 0.3) is 0 Å². The SMILES string of the molecule is CN(CCc1ccccn1)CC1(O)CCOCC1. The summed E-state index contributed by atoms with van der Waals surface area (Å²) in [4.78, 5) is 6.49. The first-order valence-electron chi connectivity index (χ1n) is 6.57. The maximum absolute atomic E-state index is 10.4. The monoisotopic (exact) mass is 250 g/mol. The molecule has 1 aromatic rings. The van der Waals surface area contributed by atoms with Crippen molar-refractivity contribution in [1.82, 2.24) is 9.88 Å². The van der Waals surface area contributed by atoms with Gasteiger partial charge >= 0.3 is 0 Å². The van der Waals surface area contributed by atoms with E-state index < -0.39 is 5.60 Å². The Bertz CT molecular complexity index is 350. The van der Waals surface area contributed by atoms with E-state index in [1.807, 2.05) is 24.4 Å². The van der Waals surface area contributed by atoms with Crippen molar-refractivity contribution in [3.63, 3.8) is 0 Å². The van der Waals surface area contributed by atoms with Crippen LogP contribution in [0.1, 0.15) is 18.5 Å². The predicted molar refractivity (Wildman–Crippen MR) is 70.4 cm³/mol. The lowest BCUT2D eigenvalue weighted by atomic mass is 9.94. The summed E-state index contributed by atoms with van der Waals surface area (Å²) in [6.07, 6.45) is 4.22. The van der Waals surface area contributed by atoms with E-state index in [1.165, 1.54) is 0 Å². The predicted octanol–water partition coefficient (Wildman–Crippen LogP) is 1.10. The van der Waals surface area contributed by atoms with Gasteiger partial charge in [-0.25, -0.2) is 0 Å². The number of pyridine rings is 1. The highest BCUT2D eigenvalue weighted by Gasteiger charge is 2.30. The molecule has 0 saturated carbocycles. The molecular formula is C14H22N2O2. The first kappa shape index (κ1) is 13.5. The summed E-state index contributed by atoms with van der Waals surface area (Å²) in [6, 6.07) is 5.98. The van der Waals surface area contributed by atoms with E-state index in [1.54, 1.807) is 0 Å². The van der Waals surface area contributed by atoms with Gasteiger partial charge in [0.05, 0.1) is 5.60 Å². The fourth-order valence-corrected chi connectivity index (χ4v) is 2.34. The van der Waals surface area contributed by atoms with Crippen LogP contribution in [0.2, 0.25) is 0 Å². The van der Waals surface area contributed by atoms with E-state index >= 15 is 0 Å². The highest BCUT2D eigenvalue weighted by Crippen LogP contribution is 2.21. The second-order valence-electron chi connectivity index (χ2n) is 5.15. The van der Waals surface area contributed by atoms with Gasteiger partial charge in [0, 0.05) is 57.5 Å². The Morgan fingerprint density at radius 1 is 1.39 bits per heavy atom. The molecular weight excluding hydrogens is 228 g/mol. The van der Waals surface area contributed by atoms with Gasteiger partial charge in [0.25, 0.3) is 0 Å². The van der Waals surface area contributed by atoms with Crippen LogP contribution in [-0.4, -0.2) is 53.9 Å². The Hall–Kier alpha value is -0.970. The van der Waals surface area contributed by atoms with Crippen molar-refractivity contribution in [1.29, 1.82) is 0 Å². The molecule has 0 aliphatic carbocycles. The molecule has 2 rings (SSSR count). The average Bonchev–Trinajstić information content (AvgIpc) is 2.38. The Labute approximate surface area is 109 Å². The van der Waals surface area contributed by atoms with Crippen molar-refractivity contribution in [2.45, 2.75) is 24.9 Å². The molecule has 0 unspecified atom stereocenters. The molecule has 18 heavy (non-hydrogen) atoms. The smallest absolute Gasteiger partial charge is 0.0817 e. The van der Waals surface area contributed by atoms with Crippen molar-refractivity contribution >= 4 is 0 Å². The number of aromatic nitrogens is 1. The van der Waals surface area contributed by atoms with Crippen LogP contribution in [0.4, 0.5) is 0 Å². The molecule has 0 radical (unpaired) electrons. The molecule has 1 fully saturated rings. The van der Waals surface area contributed by atoms with Gasteiger partial charge in [-0.2, -0.15) is 0 Å². The van der Waals surface area contributed by atoms with Gasteiger partial charge in [0.1, 0.15) is 0 Å². The second-order valence-corrected chi connectivity index (χ2v) is 5.15. The fraction of sp³-hybridized carbons (Fsp3) is 0.643. The standard InChI is InChI=1S/C14H22N2O2/c1-16(9-5-13-4-2-3-8-15-13)12-14(17)6-10-18-11-7-14/h2-4,8,17H,5-7,9-12H2,1H3. The lowest BCUT2D eigenvalue weighted by molar-refractivity contribution is -0.0767. The molecule has 1 N–H and O–H groups in total. The van der Waals surface area contributed by atoms with Crippen LogP contribution in [0.5, 0.6) is 0 Å². The lowest BCUT2D eigenvalue weighted by Crippen LogP contribution is -2.46. The minimum atomic E-state index is -0.572. The first-order valence-corrected chi connectivity index (χ1v) is 6.57. The quantitative estimate of drug-likeness (QED) is 0.850. The van der Waals surface area contributed by atoms with E-state index in [0.717, 1.165) is 31.5 Å². The highest BCUT2D eigenvalue weighted by molar-refractivity contribution is 5.03. The van der Waals surface area contributed by atoms with Crippen LogP contribution >= 0.6 is 0 Å². The zero-order valence-electron chi connectivity index (χ0n) is 11.0. The second kappa shape index (κ2) is 6.27. The molecule has 0 amide bonds. The Balaban J connectivity index is 1.76. The third-order valence-corrected chi connectivity index (χ3v) is 3.46. The number of nitrogens with zero attached hydrogens (tertiary/aromatic N) is 2. The van der Waals surface area contributed by atoms with Gasteiger partial charge < -0.3 is 14.7 Å². The maximum Gasteiger partial charge on any atom is 0.0817 e. The number of rotatable bonds is 5. The van der Waals surface area contributed by atoms with Crippen molar-refractivity contribution < 1.29 is 9.84 Å². The molecule has 2 heterocycles. The molecule has 100 valence electrons. The summed E-state index contributed by atoms with van der Waals surface area (Å²) in [7, 11) is 2.05. The molecule has 1 saturated heterocycles. The summed E-state index contributed by atoms with van der Waals surface area (Å²) >= 11 is 0. The Morgan fingerprint density at radius 3 is 2.83 bits per heavy atom. The van der Waals surface area contributed by atoms with Crippen LogP contribution in [0.3, 0.4) is 0 Å². The minimum Gasteiger partial charge on any atom is -0.388 e. The van der Waals surface area contributed by atoms with Crippen LogP contribution in [0, 0.1) is 0 Å². The van der Waals surface area contributed by atoms with E-state index in [2.05, 4.69) is 16.9 Å². The number of ether oxygens (including phenoxy) is 1. The highest BCUT2D eigenvalue weighted by atomic mass is 16.5. The Morgan fingerprint density at radius 2 is 2.17 bits per heavy atom. The molecule has 4 heteroatoms. The topological polar surface area (TPSA) is 45.6 Å². The molecule has 0 bridgehead atoms. The summed E-state index contributed by atoms with van der Waals surface area (Å²) in [5, 5.41) is 10.4. The van der Waals surface area contributed by atoms with Crippen molar-refractivity contribution in [3.05, 3.63) is 30.1 Å². The number of likely N-dealkylation sites (N-methyl/N-ethyl adjacent to an activating group) is 1. The third kappa shape index (κ3) is 4.05. The summed E-state index contributed by atoms with van der Waals surface area (Å²) in [5.41, 5.74) is 0.528. The molecule has 1 aromatic heterocycles. The van der Waals surface area contributed by atoms with Gasteiger partial charge in [0.15, 0.2) is 0 Å². The van der Waals surface area contributed by atoms with Gasteiger partial charge in [-0.15, -0.1) is 0 Å². The van der Waals surface area contributed by atoms with Crippen molar-refractivity contribution in [3.8, 4) is 0 Å². The van der Waals surface area contributed by atoms with Gasteiger partial charge in [-0.1, -0.05) is 6.07 Å². The molecule has 1 aliphatic rings. The van der Waals surface area contributed by atoms with Crippen LogP contribution in [-0.2, 0) is 11.2 Å². The third-order valence-electron chi connectivity index (χ3n) is 3.46. The van der Waals surface area contributed by atoms with Crippen molar-refractivity contribution in [2.75, 3.05) is 33.4 Å². The van der Waals surface area contributed by atoms with Crippen LogP contribution in [0.15, 0.2) is 24.4 Å². The zero-order valence-corrected chi connectivity index (χ0v) is 11.0. The largest absolute Gasteiger partial charge is 0.388 e. The minimum absolute atomic E-state index is 0.572. The first-order chi connectivity index (χ1) is 8.68. The molecule has 0 spiro atoms. The van der Waals surface area contributed by atoms with Gasteiger partial charge in [0.2, 0.25) is 0 Å². The Kier molecular flexibility index (Phi) is 4.69. The molecule has 4 nitrogen and oxygen atoms in total. The zero-order chi connectivity index (χ0) is 12.8. The van der Waals surface area contributed by atoms with Crippen LogP contribution < -0.4 is 0 Å². The maximum atomic E-state index is 10.4. The van der Waals surface area contributed by atoms with Crippen molar-refractivity contribution in [2.24, 2.45) is 0 Å². The van der Waals surface area contributed by atoms with Gasteiger partial charge in [-0.3, -0.25) is 4.98 Å². The number of hydrogen-bond acceptors (Lipinski definition) is 4. The lowest BCUT2D eigenvalue weighted by Gasteiger charge is -2.35. The van der Waals surface area contributed by atoms with Gasteiger partial charge in [-0.05, 0) is 19.2 Å². The number of hydrogen-bond donors (Lipinski definition) is 1. The molecule has 1 aliphatic heterocycles. The fourth-order valence-electron chi connectivity index (χ4n) is 2.34. The number of aliphatic hydroxyl groups is 1. The normalized spacial score (nSPS) is 19.1. The van der Waals surface area contributed by atoms with E-state index in [4.69, 9.17) is 4.74 Å². The van der Waals surface area contributed by atoms with E-state index in [0.29, 0.717) is 19.8 Å². The molecule has 0 aromatic carbocycles. The average molecular weight is 250 g/mol. The summed E-state index contributed by atoms with van der Waals surface area (Å²) in [6.45, 7) is 2.97. The van der Waals surface area contributed by atoms with E-state index in [-0.39, 0.29) is 0 Å². The summed E-state index contributed by atoms with van der Waals surface area (Å²) < 4.78 is 5.29. The summed E-state index contributed by atoms with van der Waals surface area (Å²) in [5.74, 6) is 0. The van der Waals surface area contributed by atoms with E-state index in [9.17, 15) is 5.11 Å².